The standard InChI is InChI=1S/C23H22F3NO5/c1-12-18(21(28)30-4)20(19(22(29)31-5)13(2)27(12)3)17-11-10-16(32-17)14-8-6-7-9-15(14)23(24,25)26/h6-11,20H,1-5H3. The fourth-order valence-corrected chi connectivity index (χ4v) is 3.81. The first-order valence-electron chi connectivity index (χ1n) is 9.61. The number of ether oxygens (including phenoxy) is 2. The number of carbonyl (C=O) groups excluding carboxylic acids is 2. The summed E-state index contributed by atoms with van der Waals surface area (Å²) < 4.78 is 56.1. The lowest BCUT2D eigenvalue weighted by Gasteiger charge is -2.34. The zero-order valence-electron chi connectivity index (χ0n) is 18.2. The first kappa shape index (κ1) is 23.2. The van der Waals surface area contributed by atoms with Crippen molar-refractivity contribution in [2.75, 3.05) is 21.3 Å². The van der Waals surface area contributed by atoms with Gasteiger partial charge >= 0.3 is 18.1 Å². The van der Waals surface area contributed by atoms with Gasteiger partial charge in [-0.25, -0.2) is 9.59 Å². The molecule has 0 bridgehead atoms. The van der Waals surface area contributed by atoms with Gasteiger partial charge in [-0.3, -0.25) is 0 Å². The molecule has 0 atom stereocenters. The number of furan rings is 1. The van der Waals surface area contributed by atoms with Gasteiger partial charge < -0.3 is 18.8 Å². The molecular weight excluding hydrogens is 427 g/mol. The van der Waals surface area contributed by atoms with E-state index in [1.54, 1.807) is 25.8 Å². The Morgan fingerprint density at radius 1 is 0.938 bits per heavy atom. The highest BCUT2D eigenvalue weighted by atomic mass is 19.4. The van der Waals surface area contributed by atoms with Crippen molar-refractivity contribution in [2.45, 2.75) is 25.9 Å². The van der Waals surface area contributed by atoms with Crippen LogP contribution in [0.25, 0.3) is 11.3 Å². The highest BCUT2D eigenvalue weighted by Gasteiger charge is 2.41. The molecule has 1 aliphatic rings. The van der Waals surface area contributed by atoms with Crippen LogP contribution in [0.5, 0.6) is 0 Å². The molecule has 0 radical (unpaired) electrons. The van der Waals surface area contributed by atoms with E-state index in [9.17, 15) is 22.8 Å². The molecule has 9 heteroatoms. The average Bonchev–Trinajstić information content (AvgIpc) is 3.25. The van der Waals surface area contributed by atoms with Crippen molar-refractivity contribution < 1.29 is 36.7 Å². The molecule has 32 heavy (non-hydrogen) atoms. The van der Waals surface area contributed by atoms with Crippen LogP contribution in [0.1, 0.15) is 31.1 Å². The first-order chi connectivity index (χ1) is 15.0. The number of methoxy groups -OCH3 is 2. The van der Waals surface area contributed by atoms with Crippen molar-refractivity contribution >= 4 is 11.9 Å². The summed E-state index contributed by atoms with van der Waals surface area (Å²) >= 11 is 0. The van der Waals surface area contributed by atoms with Crippen LogP contribution in [0.2, 0.25) is 0 Å². The lowest BCUT2D eigenvalue weighted by atomic mass is 9.83. The van der Waals surface area contributed by atoms with Crippen LogP contribution in [-0.4, -0.2) is 38.1 Å². The molecule has 0 amide bonds. The molecule has 3 rings (SSSR count). The van der Waals surface area contributed by atoms with E-state index in [1.807, 2.05) is 0 Å². The summed E-state index contributed by atoms with van der Waals surface area (Å²) in [5.41, 5.74) is 0.280. The van der Waals surface area contributed by atoms with Crippen molar-refractivity contribution in [1.82, 2.24) is 4.90 Å². The van der Waals surface area contributed by atoms with Crippen molar-refractivity contribution in [1.29, 1.82) is 0 Å². The quantitative estimate of drug-likeness (QED) is 0.620. The van der Waals surface area contributed by atoms with E-state index >= 15 is 0 Å². The van der Waals surface area contributed by atoms with Crippen LogP contribution in [0.15, 0.2) is 63.4 Å². The largest absolute Gasteiger partial charge is 0.466 e. The van der Waals surface area contributed by atoms with Crippen LogP contribution < -0.4 is 0 Å². The average molecular weight is 449 g/mol. The van der Waals surface area contributed by atoms with E-state index in [1.165, 1.54) is 44.6 Å². The van der Waals surface area contributed by atoms with Gasteiger partial charge in [-0.15, -0.1) is 0 Å². The molecule has 0 unspecified atom stereocenters. The molecule has 0 spiro atoms. The number of hydrogen-bond donors (Lipinski definition) is 0. The van der Waals surface area contributed by atoms with E-state index in [-0.39, 0.29) is 28.2 Å². The van der Waals surface area contributed by atoms with Crippen molar-refractivity contribution in [3.8, 4) is 11.3 Å². The van der Waals surface area contributed by atoms with E-state index < -0.39 is 29.6 Å². The fraction of sp³-hybridized carbons (Fsp3) is 0.304. The van der Waals surface area contributed by atoms with Crippen LogP contribution in [0.4, 0.5) is 13.2 Å². The van der Waals surface area contributed by atoms with Crippen molar-refractivity contribution in [3.63, 3.8) is 0 Å². The van der Waals surface area contributed by atoms with Crippen molar-refractivity contribution in [2.24, 2.45) is 0 Å². The molecule has 1 aliphatic heterocycles. The maximum absolute atomic E-state index is 13.5. The highest BCUT2D eigenvalue weighted by Crippen LogP contribution is 2.44. The number of rotatable bonds is 4. The molecule has 2 aromatic rings. The fourth-order valence-electron chi connectivity index (χ4n) is 3.81. The molecule has 1 aromatic carbocycles. The molecule has 0 N–H and O–H groups in total. The molecule has 0 fully saturated rings. The molecule has 0 saturated carbocycles. The summed E-state index contributed by atoms with van der Waals surface area (Å²) in [6.45, 7) is 3.36. The second-order valence-electron chi connectivity index (χ2n) is 7.22. The number of nitrogens with zero attached hydrogens (tertiary/aromatic N) is 1. The van der Waals surface area contributed by atoms with E-state index in [2.05, 4.69) is 0 Å². The van der Waals surface area contributed by atoms with E-state index in [0.717, 1.165) is 6.07 Å². The predicted molar refractivity (Wildman–Crippen MR) is 109 cm³/mol. The van der Waals surface area contributed by atoms with Crippen molar-refractivity contribution in [3.05, 3.63) is 70.3 Å². The smallest absolute Gasteiger partial charge is 0.417 e. The Hall–Kier alpha value is -3.49. The maximum atomic E-state index is 13.5. The van der Waals surface area contributed by atoms with Gasteiger partial charge in [0.05, 0.1) is 36.8 Å². The number of benzene rings is 1. The van der Waals surface area contributed by atoms with Gasteiger partial charge in [0.25, 0.3) is 0 Å². The van der Waals surface area contributed by atoms with Gasteiger partial charge in [-0.2, -0.15) is 13.2 Å². The van der Waals surface area contributed by atoms with Gasteiger partial charge in [0.1, 0.15) is 11.5 Å². The Balaban J connectivity index is 2.22. The summed E-state index contributed by atoms with van der Waals surface area (Å²) in [4.78, 5) is 27.0. The normalized spacial score (nSPS) is 15.3. The third-order valence-corrected chi connectivity index (χ3v) is 5.58. The molecular formula is C23H22F3NO5. The molecule has 0 saturated heterocycles. The SMILES string of the molecule is COC(=O)C1=C(C)N(C)C(C)=C(C(=O)OC)C1c1ccc(-c2ccccc2C(F)(F)F)o1. The lowest BCUT2D eigenvalue weighted by Crippen LogP contribution is -2.33. The van der Waals surface area contributed by atoms with Crippen LogP contribution in [0.3, 0.4) is 0 Å². The third kappa shape index (κ3) is 3.90. The predicted octanol–water partition coefficient (Wildman–Crippen LogP) is 4.89. The minimum Gasteiger partial charge on any atom is -0.466 e. The first-order valence-corrected chi connectivity index (χ1v) is 9.61. The topological polar surface area (TPSA) is 69.0 Å². The van der Waals surface area contributed by atoms with Gasteiger partial charge in [-0.05, 0) is 32.0 Å². The van der Waals surface area contributed by atoms with E-state index in [0.29, 0.717) is 11.4 Å². The summed E-state index contributed by atoms with van der Waals surface area (Å²) in [5.74, 6) is -2.33. The second kappa shape index (κ2) is 8.57. The highest BCUT2D eigenvalue weighted by molar-refractivity contribution is 5.99. The molecule has 0 aliphatic carbocycles. The number of esters is 2. The molecule has 6 nitrogen and oxygen atoms in total. The van der Waals surface area contributed by atoms with Gasteiger partial charge in [0.15, 0.2) is 0 Å². The van der Waals surface area contributed by atoms with Crippen LogP contribution in [-0.2, 0) is 25.2 Å². The number of carbonyl (C=O) groups is 2. The molecule has 1 aromatic heterocycles. The summed E-state index contributed by atoms with van der Waals surface area (Å²) in [7, 11) is 4.09. The second-order valence-corrected chi connectivity index (χ2v) is 7.22. The molecule has 2 heterocycles. The Morgan fingerprint density at radius 3 is 1.97 bits per heavy atom. The number of halogens is 3. The Labute approximate surface area is 182 Å². The zero-order chi connectivity index (χ0) is 23.8. The molecule has 170 valence electrons. The monoisotopic (exact) mass is 449 g/mol. The van der Waals surface area contributed by atoms with E-state index in [4.69, 9.17) is 13.9 Å². The Morgan fingerprint density at radius 2 is 1.47 bits per heavy atom. The third-order valence-electron chi connectivity index (χ3n) is 5.58. The number of alkyl halides is 3. The Kier molecular flexibility index (Phi) is 6.20. The minimum atomic E-state index is -4.58. The van der Waals surface area contributed by atoms with Crippen LogP contribution >= 0.6 is 0 Å². The minimum absolute atomic E-state index is 0.0457. The summed E-state index contributed by atoms with van der Waals surface area (Å²) in [5, 5.41) is 0. The maximum Gasteiger partial charge on any atom is 0.417 e. The Bertz CT molecular complexity index is 1090. The zero-order valence-corrected chi connectivity index (χ0v) is 18.2. The lowest BCUT2D eigenvalue weighted by molar-refractivity contribution is -0.138. The summed E-state index contributed by atoms with van der Waals surface area (Å²) in [6.07, 6.45) is -4.58. The van der Waals surface area contributed by atoms with Gasteiger partial charge in [0, 0.05) is 24.0 Å². The van der Waals surface area contributed by atoms with Crippen LogP contribution in [0, 0.1) is 0 Å². The number of hydrogen-bond acceptors (Lipinski definition) is 6. The summed E-state index contributed by atoms with van der Waals surface area (Å²) in [6, 6.07) is 7.84. The van der Waals surface area contributed by atoms with Gasteiger partial charge in [-0.1, -0.05) is 18.2 Å². The van der Waals surface area contributed by atoms with Gasteiger partial charge in [0.2, 0.25) is 0 Å². The number of allylic oxidation sites excluding steroid dienone is 2.